The lowest BCUT2D eigenvalue weighted by Gasteiger charge is -2.23. The van der Waals surface area contributed by atoms with Crippen molar-refractivity contribution in [3.63, 3.8) is 0 Å². The molecule has 8 nitrogen and oxygen atoms in total. The third kappa shape index (κ3) is 6.07. The fourth-order valence-corrected chi connectivity index (χ4v) is 4.34. The summed E-state index contributed by atoms with van der Waals surface area (Å²) in [6.45, 7) is 0.522. The van der Waals surface area contributed by atoms with Gasteiger partial charge in [-0.05, 0) is 37.0 Å². The highest BCUT2D eigenvalue weighted by Gasteiger charge is 2.26. The Morgan fingerprint density at radius 3 is 2.69 bits per heavy atom. The Morgan fingerprint density at radius 2 is 2.00 bits per heavy atom. The Kier molecular flexibility index (Phi) is 7.70. The second-order valence-electron chi connectivity index (χ2n) is 6.57. The summed E-state index contributed by atoms with van der Waals surface area (Å²) in [5.74, 6) is 1.63. The highest BCUT2D eigenvalue weighted by atomic mass is 32.2. The summed E-state index contributed by atoms with van der Waals surface area (Å²) in [5.41, 5.74) is 1.05. The number of rotatable bonds is 10. The first kappa shape index (κ1) is 21.4. The summed E-state index contributed by atoms with van der Waals surface area (Å²) in [4.78, 5) is 24.0. The van der Waals surface area contributed by atoms with Crippen molar-refractivity contribution >= 4 is 40.0 Å². The zero-order valence-electron chi connectivity index (χ0n) is 16.4. The van der Waals surface area contributed by atoms with Crippen LogP contribution in [0.15, 0.2) is 22.5 Å². The molecule has 2 aromatic rings. The van der Waals surface area contributed by atoms with Gasteiger partial charge in [-0.25, -0.2) is 0 Å². The van der Waals surface area contributed by atoms with Crippen LogP contribution in [-0.2, 0) is 16.0 Å². The van der Waals surface area contributed by atoms with Crippen LogP contribution in [-0.4, -0.2) is 48.5 Å². The second kappa shape index (κ2) is 10.4. The lowest BCUT2D eigenvalue weighted by atomic mass is 9.85. The number of hydrogen-bond acceptors (Lipinski definition) is 8. The molecule has 156 valence electrons. The van der Waals surface area contributed by atoms with E-state index in [1.165, 1.54) is 23.1 Å². The fraction of sp³-hybridized carbons (Fsp3) is 0.474. The number of amides is 2. The van der Waals surface area contributed by atoms with E-state index >= 15 is 0 Å². The van der Waals surface area contributed by atoms with Gasteiger partial charge in [0.25, 0.3) is 0 Å². The van der Waals surface area contributed by atoms with Gasteiger partial charge in [0.2, 0.25) is 16.9 Å². The molecule has 1 fully saturated rings. The summed E-state index contributed by atoms with van der Waals surface area (Å²) in [6.07, 6.45) is 3.68. The molecule has 1 heterocycles. The second-order valence-corrected chi connectivity index (χ2v) is 8.77. The number of anilines is 1. The average Bonchev–Trinajstić information content (AvgIpc) is 3.12. The Balaban J connectivity index is 1.37. The van der Waals surface area contributed by atoms with E-state index in [0.29, 0.717) is 33.9 Å². The molecule has 1 aliphatic rings. The molecule has 3 rings (SSSR count). The van der Waals surface area contributed by atoms with E-state index in [9.17, 15) is 9.59 Å². The smallest absolute Gasteiger partial charge is 0.230 e. The zero-order chi connectivity index (χ0) is 20.6. The molecular formula is C19H24N4O4S2. The maximum atomic E-state index is 12.1. The van der Waals surface area contributed by atoms with Gasteiger partial charge in [-0.3, -0.25) is 9.59 Å². The summed E-state index contributed by atoms with van der Waals surface area (Å²) in [6, 6.07) is 5.70. The number of aromatic nitrogens is 2. The van der Waals surface area contributed by atoms with Crippen molar-refractivity contribution in [2.45, 2.75) is 30.0 Å². The molecule has 0 radical (unpaired) electrons. The van der Waals surface area contributed by atoms with Crippen LogP contribution >= 0.6 is 23.1 Å². The molecular weight excluding hydrogens is 412 g/mol. The molecule has 1 aliphatic carbocycles. The normalized spacial score (nSPS) is 13.4. The van der Waals surface area contributed by atoms with E-state index < -0.39 is 0 Å². The molecule has 0 aliphatic heterocycles. The van der Waals surface area contributed by atoms with Gasteiger partial charge in [0.1, 0.15) is 0 Å². The van der Waals surface area contributed by atoms with E-state index in [1.807, 2.05) is 18.2 Å². The van der Waals surface area contributed by atoms with Crippen LogP contribution in [0.1, 0.15) is 24.8 Å². The number of hydrogen-bond donors (Lipinski definition) is 2. The van der Waals surface area contributed by atoms with E-state index in [1.54, 1.807) is 14.2 Å². The first-order chi connectivity index (χ1) is 14.1. The fourth-order valence-electron chi connectivity index (χ4n) is 2.76. The van der Waals surface area contributed by atoms with E-state index in [4.69, 9.17) is 9.47 Å². The van der Waals surface area contributed by atoms with Crippen molar-refractivity contribution in [1.29, 1.82) is 0 Å². The highest BCUT2D eigenvalue weighted by Crippen LogP contribution is 2.30. The standard InChI is InChI=1S/C19H24N4O4S2/c1-26-14-7-6-12(10-15(14)27-2)8-9-20-16(24)11-28-19-23-22-18(29-19)21-17(25)13-4-3-5-13/h6-7,10,13H,3-5,8-9,11H2,1-2H3,(H,20,24)(H,21,22,25). The molecule has 1 aromatic carbocycles. The third-order valence-electron chi connectivity index (χ3n) is 4.62. The first-order valence-electron chi connectivity index (χ1n) is 9.34. The summed E-state index contributed by atoms with van der Waals surface area (Å²) in [5, 5.41) is 14.2. The predicted octanol–water partition coefficient (Wildman–Crippen LogP) is 2.74. The van der Waals surface area contributed by atoms with Gasteiger partial charge in [-0.1, -0.05) is 35.6 Å². The van der Waals surface area contributed by atoms with Gasteiger partial charge in [-0.15, -0.1) is 10.2 Å². The largest absolute Gasteiger partial charge is 0.493 e. The molecule has 0 atom stereocenters. The van der Waals surface area contributed by atoms with Crippen molar-refractivity contribution in [3.8, 4) is 11.5 Å². The Bertz CT molecular complexity index is 854. The molecule has 29 heavy (non-hydrogen) atoms. The van der Waals surface area contributed by atoms with Crippen molar-refractivity contribution in [3.05, 3.63) is 23.8 Å². The minimum absolute atomic E-state index is 0.0110. The van der Waals surface area contributed by atoms with Gasteiger partial charge in [0.05, 0.1) is 20.0 Å². The number of nitrogens with one attached hydrogen (secondary N) is 2. The molecule has 10 heteroatoms. The van der Waals surface area contributed by atoms with Crippen LogP contribution in [0.5, 0.6) is 11.5 Å². The minimum Gasteiger partial charge on any atom is -0.493 e. The lowest BCUT2D eigenvalue weighted by molar-refractivity contribution is -0.122. The molecule has 0 spiro atoms. The zero-order valence-corrected chi connectivity index (χ0v) is 18.0. The van der Waals surface area contributed by atoms with Crippen LogP contribution in [0, 0.1) is 5.92 Å². The third-order valence-corrected chi connectivity index (χ3v) is 6.60. The molecule has 2 N–H and O–H groups in total. The molecule has 0 bridgehead atoms. The van der Waals surface area contributed by atoms with Crippen LogP contribution < -0.4 is 20.1 Å². The predicted molar refractivity (Wildman–Crippen MR) is 113 cm³/mol. The van der Waals surface area contributed by atoms with Gasteiger partial charge >= 0.3 is 0 Å². The topological polar surface area (TPSA) is 102 Å². The van der Waals surface area contributed by atoms with Gasteiger partial charge < -0.3 is 20.1 Å². The SMILES string of the molecule is COc1ccc(CCNC(=O)CSc2nnc(NC(=O)C3CCC3)s2)cc1OC. The maximum Gasteiger partial charge on any atom is 0.230 e. The van der Waals surface area contributed by atoms with Gasteiger partial charge in [0, 0.05) is 12.5 Å². The van der Waals surface area contributed by atoms with Crippen LogP contribution in [0.4, 0.5) is 5.13 Å². The monoisotopic (exact) mass is 436 g/mol. The Hall–Kier alpha value is -2.33. The number of benzene rings is 1. The van der Waals surface area contributed by atoms with E-state index in [0.717, 1.165) is 24.8 Å². The van der Waals surface area contributed by atoms with Crippen molar-refractivity contribution in [1.82, 2.24) is 15.5 Å². The highest BCUT2D eigenvalue weighted by molar-refractivity contribution is 8.01. The molecule has 1 aromatic heterocycles. The number of carbonyl (C=O) groups is 2. The Labute approximate surface area is 177 Å². The van der Waals surface area contributed by atoms with E-state index in [2.05, 4.69) is 20.8 Å². The molecule has 0 unspecified atom stereocenters. The summed E-state index contributed by atoms with van der Waals surface area (Å²) >= 11 is 2.59. The summed E-state index contributed by atoms with van der Waals surface area (Å²) in [7, 11) is 3.19. The average molecular weight is 437 g/mol. The van der Waals surface area contributed by atoms with Crippen LogP contribution in [0.25, 0.3) is 0 Å². The lowest BCUT2D eigenvalue weighted by Crippen LogP contribution is -2.27. The van der Waals surface area contributed by atoms with Gasteiger partial charge in [-0.2, -0.15) is 0 Å². The number of carbonyl (C=O) groups excluding carboxylic acids is 2. The van der Waals surface area contributed by atoms with E-state index in [-0.39, 0.29) is 23.5 Å². The number of nitrogens with zero attached hydrogens (tertiary/aromatic N) is 2. The van der Waals surface area contributed by atoms with Crippen molar-refractivity contribution in [2.24, 2.45) is 5.92 Å². The van der Waals surface area contributed by atoms with Crippen molar-refractivity contribution < 1.29 is 19.1 Å². The molecule has 0 saturated heterocycles. The summed E-state index contributed by atoms with van der Waals surface area (Å²) < 4.78 is 11.2. The van der Waals surface area contributed by atoms with Gasteiger partial charge in [0.15, 0.2) is 15.8 Å². The Morgan fingerprint density at radius 1 is 1.21 bits per heavy atom. The minimum atomic E-state index is -0.0780. The van der Waals surface area contributed by atoms with Crippen molar-refractivity contribution in [2.75, 3.05) is 31.8 Å². The van der Waals surface area contributed by atoms with Crippen LogP contribution in [0.2, 0.25) is 0 Å². The number of methoxy groups -OCH3 is 2. The number of ether oxygens (including phenoxy) is 2. The quantitative estimate of drug-likeness (QED) is 0.436. The molecule has 2 amide bonds. The maximum absolute atomic E-state index is 12.1. The number of thioether (sulfide) groups is 1. The molecule has 1 saturated carbocycles. The first-order valence-corrected chi connectivity index (χ1v) is 11.1. The van der Waals surface area contributed by atoms with Crippen LogP contribution in [0.3, 0.4) is 0 Å².